The number of hydrogen-bond donors (Lipinski definition) is 1. The van der Waals surface area contributed by atoms with E-state index in [0.717, 1.165) is 0 Å². The maximum absolute atomic E-state index is 10.6. The molecule has 1 amide bonds. The molecule has 0 atom stereocenters. The lowest BCUT2D eigenvalue weighted by atomic mass is 10.2. The van der Waals surface area contributed by atoms with Crippen molar-refractivity contribution in [2.45, 2.75) is 6.92 Å². The van der Waals surface area contributed by atoms with Crippen LogP contribution >= 0.6 is 23.2 Å². The zero-order valence-electron chi connectivity index (χ0n) is 8.13. The molecule has 0 aromatic carbocycles. The van der Waals surface area contributed by atoms with Crippen molar-refractivity contribution in [1.82, 2.24) is 10.3 Å². The van der Waals surface area contributed by atoms with Gasteiger partial charge in [-0.2, -0.15) is 0 Å². The van der Waals surface area contributed by atoms with Crippen LogP contribution in [-0.4, -0.2) is 17.4 Å². The maximum atomic E-state index is 10.6. The number of hydrogen-bond acceptors (Lipinski definition) is 2. The summed E-state index contributed by atoms with van der Waals surface area (Å²) in [5.41, 5.74) is 0.707. The van der Waals surface area contributed by atoms with Crippen LogP contribution in [0.15, 0.2) is 18.5 Å². The molecule has 3 nitrogen and oxygen atoms in total. The molecule has 0 aliphatic heterocycles. The number of carbonyl (C=O) groups excluding carboxylic acids is 1. The number of pyridine rings is 1. The van der Waals surface area contributed by atoms with Gasteiger partial charge in [-0.05, 0) is 0 Å². The van der Waals surface area contributed by atoms with E-state index in [1.807, 2.05) is 0 Å². The summed E-state index contributed by atoms with van der Waals surface area (Å²) >= 11 is 11.8. The molecule has 0 fully saturated rings. The van der Waals surface area contributed by atoms with E-state index in [1.165, 1.54) is 19.3 Å². The summed E-state index contributed by atoms with van der Waals surface area (Å²) in [5, 5.41) is 3.60. The third-order valence-electron chi connectivity index (χ3n) is 1.64. The fourth-order valence-electron chi connectivity index (χ4n) is 0.960. The van der Waals surface area contributed by atoms with Gasteiger partial charge in [-0.15, -0.1) is 0 Å². The topological polar surface area (TPSA) is 42.0 Å². The molecule has 1 aromatic rings. The molecule has 80 valence electrons. The zero-order valence-corrected chi connectivity index (χ0v) is 9.64. The standard InChI is InChI=1S/C10H10Cl2N2O/c1-7(15)14-4-2-3-8-9(11)5-13-6-10(8)12/h2-3,5-6H,4H2,1H3,(H,14,15). The molecule has 0 spiro atoms. The Morgan fingerprint density at radius 1 is 1.47 bits per heavy atom. The van der Waals surface area contributed by atoms with Crippen molar-refractivity contribution in [2.75, 3.05) is 6.54 Å². The lowest BCUT2D eigenvalue weighted by Crippen LogP contribution is -2.19. The van der Waals surface area contributed by atoms with Crippen LogP contribution in [0.5, 0.6) is 0 Å². The van der Waals surface area contributed by atoms with E-state index in [1.54, 1.807) is 12.2 Å². The van der Waals surface area contributed by atoms with Crippen LogP contribution in [0.2, 0.25) is 10.0 Å². The number of aromatic nitrogens is 1. The molecule has 1 aromatic heterocycles. The highest BCUT2D eigenvalue weighted by Crippen LogP contribution is 2.23. The van der Waals surface area contributed by atoms with Crippen LogP contribution in [0.1, 0.15) is 12.5 Å². The van der Waals surface area contributed by atoms with Crippen LogP contribution in [-0.2, 0) is 4.79 Å². The Balaban J connectivity index is 2.67. The number of carbonyl (C=O) groups is 1. The molecule has 5 heteroatoms. The van der Waals surface area contributed by atoms with Gasteiger partial charge in [-0.1, -0.05) is 35.4 Å². The Morgan fingerprint density at radius 3 is 2.60 bits per heavy atom. The number of amides is 1. The van der Waals surface area contributed by atoms with Crippen LogP contribution in [0.3, 0.4) is 0 Å². The lowest BCUT2D eigenvalue weighted by molar-refractivity contribution is -0.118. The van der Waals surface area contributed by atoms with Crippen molar-refractivity contribution in [1.29, 1.82) is 0 Å². The molecule has 15 heavy (non-hydrogen) atoms. The van der Waals surface area contributed by atoms with E-state index >= 15 is 0 Å². The van der Waals surface area contributed by atoms with Crippen molar-refractivity contribution < 1.29 is 4.79 Å². The van der Waals surface area contributed by atoms with Gasteiger partial charge in [-0.3, -0.25) is 9.78 Å². The molecule has 1 N–H and O–H groups in total. The smallest absolute Gasteiger partial charge is 0.217 e. The van der Waals surface area contributed by atoms with Crippen molar-refractivity contribution in [2.24, 2.45) is 0 Å². The van der Waals surface area contributed by atoms with E-state index in [0.29, 0.717) is 22.2 Å². The number of rotatable bonds is 3. The van der Waals surface area contributed by atoms with Gasteiger partial charge in [-0.25, -0.2) is 0 Å². The van der Waals surface area contributed by atoms with Crippen LogP contribution in [0, 0.1) is 0 Å². The van der Waals surface area contributed by atoms with E-state index in [-0.39, 0.29) is 5.91 Å². The van der Waals surface area contributed by atoms with E-state index < -0.39 is 0 Å². The first-order valence-electron chi connectivity index (χ1n) is 4.31. The second-order valence-corrected chi connectivity index (χ2v) is 3.67. The van der Waals surface area contributed by atoms with E-state index in [2.05, 4.69) is 10.3 Å². The Morgan fingerprint density at radius 2 is 2.07 bits per heavy atom. The molecule has 0 radical (unpaired) electrons. The fraction of sp³-hybridized carbons (Fsp3) is 0.200. The molecular weight excluding hydrogens is 235 g/mol. The number of nitrogens with one attached hydrogen (secondary N) is 1. The average Bonchev–Trinajstić information content (AvgIpc) is 2.15. The van der Waals surface area contributed by atoms with Gasteiger partial charge in [0.05, 0.1) is 10.0 Å². The second kappa shape index (κ2) is 5.73. The molecule has 0 aliphatic carbocycles. The van der Waals surface area contributed by atoms with Gasteiger partial charge < -0.3 is 5.32 Å². The third-order valence-corrected chi connectivity index (χ3v) is 2.25. The molecule has 1 rings (SSSR count). The van der Waals surface area contributed by atoms with Gasteiger partial charge in [0.1, 0.15) is 0 Å². The summed E-state index contributed by atoms with van der Waals surface area (Å²) in [6.45, 7) is 1.91. The summed E-state index contributed by atoms with van der Waals surface area (Å²) in [6.07, 6.45) is 6.56. The molecule has 0 saturated heterocycles. The molecular formula is C10H10Cl2N2O. The predicted octanol–water partition coefficient (Wildman–Crippen LogP) is 2.54. The Kier molecular flexibility index (Phi) is 4.59. The number of nitrogens with zero attached hydrogens (tertiary/aromatic N) is 1. The normalized spacial score (nSPS) is 10.6. The van der Waals surface area contributed by atoms with Gasteiger partial charge in [0.15, 0.2) is 0 Å². The second-order valence-electron chi connectivity index (χ2n) is 2.86. The summed E-state index contributed by atoms with van der Waals surface area (Å²) < 4.78 is 0. The van der Waals surface area contributed by atoms with E-state index in [9.17, 15) is 4.79 Å². The third kappa shape index (κ3) is 3.90. The van der Waals surface area contributed by atoms with Crippen LogP contribution in [0.4, 0.5) is 0 Å². The fourth-order valence-corrected chi connectivity index (χ4v) is 1.45. The minimum atomic E-state index is -0.0772. The Labute approximate surface area is 98.1 Å². The number of halogens is 2. The van der Waals surface area contributed by atoms with Gasteiger partial charge in [0.2, 0.25) is 5.91 Å². The van der Waals surface area contributed by atoms with Gasteiger partial charge in [0, 0.05) is 31.4 Å². The van der Waals surface area contributed by atoms with Gasteiger partial charge >= 0.3 is 0 Å². The monoisotopic (exact) mass is 244 g/mol. The van der Waals surface area contributed by atoms with Crippen molar-refractivity contribution in [3.05, 3.63) is 34.1 Å². The Bertz CT molecular complexity index is 371. The summed E-state index contributed by atoms with van der Waals surface area (Å²) in [5.74, 6) is -0.0772. The van der Waals surface area contributed by atoms with Crippen LogP contribution < -0.4 is 5.32 Å². The highest BCUT2D eigenvalue weighted by Gasteiger charge is 2.01. The Hall–Kier alpha value is -1.06. The van der Waals surface area contributed by atoms with Gasteiger partial charge in [0.25, 0.3) is 0 Å². The summed E-state index contributed by atoms with van der Waals surface area (Å²) in [6, 6.07) is 0. The minimum absolute atomic E-state index is 0.0772. The summed E-state index contributed by atoms with van der Waals surface area (Å²) in [7, 11) is 0. The van der Waals surface area contributed by atoms with Crippen LogP contribution in [0.25, 0.3) is 6.08 Å². The average molecular weight is 245 g/mol. The lowest BCUT2D eigenvalue weighted by Gasteiger charge is -2.00. The zero-order chi connectivity index (χ0) is 11.3. The van der Waals surface area contributed by atoms with Crippen molar-refractivity contribution in [3.63, 3.8) is 0 Å². The van der Waals surface area contributed by atoms with E-state index in [4.69, 9.17) is 23.2 Å². The minimum Gasteiger partial charge on any atom is -0.353 e. The first-order chi connectivity index (χ1) is 7.11. The summed E-state index contributed by atoms with van der Waals surface area (Å²) in [4.78, 5) is 14.4. The highest BCUT2D eigenvalue weighted by molar-refractivity contribution is 6.36. The molecule has 0 saturated carbocycles. The van der Waals surface area contributed by atoms with Crippen molar-refractivity contribution >= 4 is 35.2 Å². The first-order valence-corrected chi connectivity index (χ1v) is 5.07. The molecule has 1 heterocycles. The first kappa shape index (κ1) is 12.0. The molecule has 0 unspecified atom stereocenters. The predicted molar refractivity (Wildman–Crippen MR) is 62.0 cm³/mol. The van der Waals surface area contributed by atoms with Crippen molar-refractivity contribution in [3.8, 4) is 0 Å². The quantitative estimate of drug-likeness (QED) is 0.889. The highest BCUT2D eigenvalue weighted by atomic mass is 35.5. The molecule has 0 bridgehead atoms. The molecule has 0 aliphatic rings. The SMILES string of the molecule is CC(=O)NCC=Cc1c(Cl)cncc1Cl. The largest absolute Gasteiger partial charge is 0.353 e. The maximum Gasteiger partial charge on any atom is 0.217 e.